The molecule has 0 aliphatic carbocycles. The van der Waals surface area contributed by atoms with Crippen LogP contribution in [0.25, 0.3) is 28.4 Å². The third-order valence-corrected chi connectivity index (χ3v) is 11.0. The number of hydrogen-bond donors (Lipinski definition) is 14. The van der Waals surface area contributed by atoms with Gasteiger partial charge in [0.25, 0.3) is 0 Å². The molecule has 3 aromatic carbocycles. The minimum absolute atomic E-state index is 0.00127. The maximum atomic E-state index is 12.8. The van der Waals surface area contributed by atoms with Crippen molar-refractivity contribution in [3.8, 4) is 40.1 Å². The highest BCUT2D eigenvalue weighted by atomic mass is 16.8. The molecule has 346 valence electrons. The lowest BCUT2D eigenvalue weighted by atomic mass is 9.89. The van der Waals surface area contributed by atoms with E-state index in [9.17, 15) is 76.3 Å². The molecule has 3 saturated heterocycles. The van der Waals surface area contributed by atoms with Crippen molar-refractivity contribution >= 4 is 23.0 Å². The Balaban J connectivity index is 1.30. The molecule has 22 nitrogen and oxygen atoms in total. The number of hydrogen-bond acceptors (Lipinski definition) is 21. The molecule has 0 unspecified atom stereocenters. The van der Waals surface area contributed by atoms with E-state index in [2.05, 4.69) is 0 Å². The van der Waals surface area contributed by atoms with Gasteiger partial charge in [-0.25, -0.2) is 9.21 Å². The lowest BCUT2D eigenvalue weighted by Gasteiger charge is -2.45. The molecule has 0 spiro atoms. The van der Waals surface area contributed by atoms with Crippen molar-refractivity contribution in [2.75, 3.05) is 19.8 Å². The van der Waals surface area contributed by atoms with Gasteiger partial charge in [-0.05, 0) is 42.0 Å². The van der Waals surface area contributed by atoms with Gasteiger partial charge in [0.15, 0.2) is 23.9 Å². The fourth-order valence-electron chi connectivity index (χ4n) is 7.48. The van der Waals surface area contributed by atoms with Crippen molar-refractivity contribution in [2.24, 2.45) is 0 Å². The third kappa shape index (κ3) is 9.56. The van der Waals surface area contributed by atoms with E-state index >= 15 is 0 Å². The molecule has 0 radical (unpaired) electrons. The Morgan fingerprint density at radius 1 is 0.641 bits per heavy atom. The SMILES string of the molecule is O=C(C=Cc1ccc(O)cc1)OC[C@H]1O[C@@H](Oc2cc3c([C@@H]4O[C@H](CO)[C@@H](O)[C@H](O)[C@H]4O)cc(O)cc3[o+]c2-c2ccc(O)c(O)c2)[C@H](O[C@@H]2O[C@H](CO)[C@@H](O)[C@H](O)[C@H]2O)[C@@H](O)[C@@H]1O. The van der Waals surface area contributed by atoms with Crippen LogP contribution in [0.4, 0.5) is 0 Å². The van der Waals surface area contributed by atoms with Crippen LogP contribution in [-0.2, 0) is 28.5 Å². The maximum Gasteiger partial charge on any atom is 0.402 e. The first-order valence-corrected chi connectivity index (χ1v) is 19.7. The van der Waals surface area contributed by atoms with E-state index in [1.165, 1.54) is 42.5 Å². The second-order valence-corrected chi connectivity index (χ2v) is 15.3. The van der Waals surface area contributed by atoms with Crippen LogP contribution in [-0.4, -0.2) is 183 Å². The summed E-state index contributed by atoms with van der Waals surface area (Å²) in [6.07, 6.45) is -24.7. The first kappa shape index (κ1) is 46.7. The Morgan fingerprint density at radius 2 is 1.28 bits per heavy atom. The van der Waals surface area contributed by atoms with Crippen molar-refractivity contribution in [3.63, 3.8) is 0 Å². The van der Waals surface area contributed by atoms with Crippen LogP contribution in [0, 0.1) is 0 Å². The van der Waals surface area contributed by atoms with E-state index in [1.54, 1.807) is 0 Å². The first-order chi connectivity index (χ1) is 30.5. The highest BCUT2D eigenvalue weighted by Gasteiger charge is 2.52. The Bertz CT molecular complexity index is 2290. The van der Waals surface area contributed by atoms with E-state index < -0.39 is 135 Å². The minimum Gasteiger partial charge on any atom is -0.508 e. The number of phenols is 4. The van der Waals surface area contributed by atoms with Crippen LogP contribution in [0.2, 0.25) is 0 Å². The number of carbonyl (C=O) groups is 1. The van der Waals surface area contributed by atoms with Gasteiger partial charge in [-0.1, -0.05) is 12.1 Å². The van der Waals surface area contributed by atoms with Gasteiger partial charge in [-0.15, -0.1) is 0 Å². The summed E-state index contributed by atoms with van der Waals surface area (Å²) >= 11 is 0. The average Bonchev–Trinajstić information content (AvgIpc) is 3.28. The minimum atomic E-state index is -2.07. The number of aliphatic hydroxyl groups is 10. The van der Waals surface area contributed by atoms with Crippen LogP contribution < -0.4 is 4.74 Å². The standard InChI is InChI=1S/C42H46O22/c43-13-26-30(50)33(53)36(56)39(60-26)21-10-19(46)11-24-20(21)12-25(38(59-24)17-4-7-22(47)23(48)9-17)61-42-40(64-41-37(57)34(54)31(51)27(14-44)62-41)35(55)32(52)28(63-42)15-58-29(49)8-3-16-1-5-18(45)6-2-16/h1-12,26-28,30-37,39-44,50-57H,13-15H2,(H3-,45,46,47,48,49)/p+1/t26-,27-,28-,30-,31-,32-,33+,34+,35+,36-,37-,39+,40-,41+,42-/m1/s1. The smallest absolute Gasteiger partial charge is 0.402 e. The summed E-state index contributed by atoms with van der Waals surface area (Å²) in [4.78, 5) is 12.8. The molecular formula is C42H47O22+. The number of fused-ring (bicyclic) bond motifs is 1. The summed E-state index contributed by atoms with van der Waals surface area (Å²) in [5.41, 5.74) is 0.281. The lowest BCUT2D eigenvalue weighted by Crippen LogP contribution is -2.65. The number of esters is 1. The zero-order valence-electron chi connectivity index (χ0n) is 33.2. The molecule has 3 aliphatic rings. The Labute approximate surface area is 361 Å². The van der Waals surface area contributed by atoms with Crippen LogP contribution >= 0.6 is 0 Å². The molecule has 22 heteroatoms. The van der Waals surface area contributed by atoms with E-state index in [0.29, 0.717) is 5.56 Å². The third-order valence-electron chi connectivity index (χ3n) is 11.0. The summed E-state index contributed by atoms with van der Waals surface area (Å²) in [5.74, 6) is -3.22. The molecule has 14 N–H and O–H groups in total. The van der Waals surface area contributed by atoms with Crippen molar-refractivity contribution < 1.29 is 109 Å². The summed E-state index contributed by atoms with van der Waals surface area (Å²) < 4.78 is 41.1. The van der Waals surface area contributed by atoms with E-state index in [-0.39, 0.29) is 39.4 Å². The van der Waals surface area contributed by atoms with E-state index in [4.69, 9.17) is 32.8 Å². The lowest BCUT2D eigenvalue weighted by molar-refractivity contribution is -0.357. The quantitative estimate of drug-likeness (QED) is 0.0316. The normalized spacial score (nSPS) is 33.3. The van der Waals surface area contributed by atoms with E-state index in [0.717, 1.165) is 30.3 Å². The van der Waals surface area contributed by atoms with Crippen molar-refractivity contribution in [3.05, 3.63) is 77.9 Å². The van der Waals surface area contributed by atoms with Gasteiger partial charge >= 0.3 is 17.3 Å². The summed E-state index contributed by atoms with van der Waals surface area (Å²) in [6, 6.07) is 12.8. The van der Waals surface area contributed by atoms with Gasteiger partial charge in [-0.2, -0.15) is 0 Å². The van der Waals surface area contributed by atoms with Gasteiger partial charge in [0.05, 0.1) is 30.2 Å². The fourth-order valence-corrected chi connectivity index (χ4v) is 7.48. The monoisotopic (exact) mass is 903 g/mol. The van der Waals surface area contributed by atoms with Gasteiger partial charge in [-0.3, -0.25) is 0 Å². The van der Waals surface area contributed by atoms with Gasteiger partial charge in [0, 0.05) is 23.8 Å². The summed E-state index contributed by atoms with van der Waals surface area (Å²) in [6.45, 7) is -2.38. The number of phenolic OH excluding ortho intramolecular Hbond substituents is 4. The molecule has 64 heavy (non-hydrogen) atoms. The zero-order valence-corrected chi connectivity index (χ0v) is 33.2. The van der Waals surface area contributed by atoms with Gasteiger partial charge in [0.2, 0.25) is 12.0 Å². The Hall–Kier alpha value is -5.28. The molecule has 15 atom stereocenters. The maximum absolute atomic E-state index is 12.8. The number of aliphatic hydroxyl groups excluding tert-OH is 10. The molecule has 4 heterocycles. The second-order valence-electron chi connectivity index (χ2n) is 15.3. The van der Waals surface area contributed by atoms with Gasteiger partial charge in [0.1, 0.15) is 91.4 Å². The van der Waals surface area contributed by atoms with Crippen LogP contribution in [0.1, 0.15) is 17.2 Å². The average molecular weight is 904 g/mol. The summed E-state index contributed by atoms with van der Waals surface area (Å²) in [5, 5.41) is 147. The van der Waals surface area contributed by atoms with E-state index in [1.807, 2.05) is 0 Å². The highest BCUT2D eigenvalue weighted by Crippen LogP contribution is 2.44. The number of aromatic hydroxyl groups is 4. The van der Waals surface area contributed by atoms with Gasteiger partial charge < -0.3 is 99.9 Å². The van der Waals surface area contributed by atoms with Crippen LogP contribution in [0.5, 0.6) is 28.7 Å². The molecular weight excluding hydrogens is 856 g/mol. The largest absolute Gasteiger partial charge is 0.508 e. The Morgan fingerprint density at radius 3 is 1.95 bits per heavy atom. The number of carbonyl (C=O) groups excluding carboxylic acids is 1. The van der Waals surface area contributed by atoms with Crippen LogP contribution in [0.3, 0.4) is 0 Å². The number of ether oxygens (including phenoxy) is 6. The molecule has 0 amide bonds. The summed E-state index contributed by atoms with van der Waals surface area (Å²) in [7, 11) is 0. The number of benzene rings is 3. The number of rotatable bonds is 12. The molecule has 3 aliphatic heterocycles. The molecule has 0 bridgehead atoms. The van der Waals surface area contributed by atoms with Crippen molar-refractivity contribution in [2.45, 2.75) is 91.9 Å². The topological polar surface area (TPSA) is 367 Å². The first-order valence-electron chi connectivity index (χ1n) is 19.7. The molecule has 1 aromatic heterocycles. The highest BCUT2D eigenvalue weighted by molar-refractivity contribution is 5.88. The predicted molar refractivity (Wildman–Crippen MR) is 212 cm³/mol. The molecule has 0 saturated carbocycles. The van der Waals surface area contributed by atoms with Crippen LogP contribution in [0.15, 0.2) is 71.2 Å². The zero-order chi connectivity index (χ0) is 46.1. The Kier molecular flexibility index (Phi) is 14.2. The van der Waals surface area contributed by atoms with Crippen molar-refractivity contribution in [1.82, 2.24) is 0 Å². The predicted octanol–water partition coefficient (Wildman–Crippen LogP) is -2.01. The van der Waals surface area contributed by atoms with Crippen molar-refractivity contribution in [1.29, 1.82) is 0 Å². The molecule has 7 rings (SSSR count). The fraction of sp³-hybridized carbons (Fsp3) is 0.429. The molecule has 3 fully saturated rings. The molecule has 4 aromatic rings. The second kappa shape index (κ2) is 19.4.